The molecule has 1 N–H and O–H groups in total. The van der Waals surface area contributed by atoms with Crippen LogP contribution in [0.25, 0.3) is 0 Å². The molecule has 1 saturated carbocycles. The molecule has 0 aliphatic heterocycles. The van der Waals surface area contributed by atoms with Crippen LogP contribution in [0, 0.1) is 18.3 Å². The summed E-state index contributed by atoms with van der Waals surface area (Å²) in [5.41, 5.74) is 0.189. The quantitative estimate of drug-likeness (QED) is 0.881. The minimum absolute atomic E-state index is 0.189. The maximum absolute atomic E-state index is 12.2. The van der Waals surface area contributed by atoms with E-state index in [2.05, 4.69) is 34.5 Å². The SMILES string of the molecule is Cc1sc(Br)cc1S(=O)(=O)NCC1(C(C)C)CC1. The molecule has 102 valence electrons. The molecule has 3 nitrogen and oxygen atoms in total. The molecule has 0 unspecified atom stereocenters. The summed E-state index contributed by atoms with van der Waals surface area (Å²) < 4.78 is 28.1. The summed E-state index contributed by atoms with van der Waals surface area (Å²) in [4.78, 5) is 1.22. The number of nitrogens with one attached hydrogen (secondary N) is 1. The number of hydrogen-bond donors (Lipinski definition) is 1. The summed E-state index contributed by atoms with van der Waals surface area (Å²) >= 11 is 4.78. The Labute approximate surface area is 121 Å². The lowest BCUT2D eigenvalue weighted by atomic mass is 9.93. The average molecular weight is 352 g/mol. The molecule has 0 saturated heterocycles. The van der Waals surface area contributed by atoms with Crippen LogP contribution in [-0.4, -0.2) is 15.0 Å². The van der Waals surface area contributed by atoms with E-state index >= 15 is 0 Å². The van der Waals surface area contributed by atoms with Crippen molar-refractivity contribution < 1.29 is 8.42 Å². The first-order chi connectivity index (χ1) is 8.27. The molecule has 1 aliphatic rings. The van der Waals surface area contributed by atoms with Gasteiger partial charge in [0.1, 0.15) is 0 Å². The molecule has 2 rings (SSSR count). The van der Waals surface area contributed by atoms with Crippen molar-refractivity contribution in [3.05, 3.63) is 14.7 Å². The summed E-state index contributed by atoms with van der Waals surface area (Å²) in [7, 11) is -3.37. The number of aryl methyl sites for hydroxylation is 1. The van der Waals surface area contributed by atoms with Crippen LogP contribution in [-0.2, 0) is 10.0 Å². The molecule has 0 atom stereocenters. The van der Waals surface area contributed by atoms with Crippen LogP contribution in [0.1, 0.15) is 31.6 Å². The van der Waals surface area contributed by atoms with E-state index in [0.29, 0.717) is 17.4 Å². The molecule has 0 aromatic carbocycles. The zero-order valence-electron chi connectivity index (χ0n) is 10.8. The summed E-state index contributed by atoms with van der Waals surface area (Å²) in [6.45, 7) is 6.71. The van der Waals surface area contributed by atoms with E-state index in [1.165, 1.54) is 11.3 Å². The third-order valence-electron chi connectivity index (χ3n) is 3.86. The van der Waals surface area contributed by atoms with Crippen LogP contribution in [0.5, 0.6) is 0 Å². The fourth-order valence-electron chi connectivity index (χ4n) is 2.13. The Morgan fingerprint density at radius 2 is 2.11 bits per heavy atom. The van der Waals surface area contributed by atoms with Gasteiger partial charge in [0.2, 0.25) is 10.0 Å². The van der Waals surface area contributed by atoms with Crippen molar-refractivity contribution >= 4 is 37.3 Å². The van der Waals surface area contributed by atoms with Crippen molar-refractivity contribution in [3.8, 4) is 0 Å². The van der Waals surface area contributed by atoms with E-state index < -0.39 is 10.0 Å². The van der Waals surface area contributed by atoms with Gasteiger partial charge in [-0.1, -0.05) is 13.8 Å². The Balaban J connectivity index is 2.11. The van der Waals surface area contributed by atoms with Gasteiger partial charge >= 0.3 is 0 Å². The summed E-state index contributed by atoms with van der Waals surface area (Å²) in [6, 6.07) is 1.68. The molecule has 0 bridgehead atoms. The Morgan fingerprint density at radius 3 is 2.50 bits per heavy atom. The smallest absolute Gasteiger partial charge is 0.211 e. The predicted molar refractivity (Wildman–Crippen MR) is 78.4 cm³/mol. The van der Waals surface area contributed by atoms with E-state index in [-0.39, 0.29) is 5.41 Å². The monoisotopic (exact) mass is 351 g/mol. The Kier molecular flexibility index (Phi) is 3.94. The molecule has 1 fully saturated rings. The van der Waals surface area contributed by atoms with Gasteiger partial charge in [0.05, 0.1) is 8.68 Å². The number of hydrogen-bond acceptors (Lipinski definition) is 3. The predicted octanol–water partition coefficient (Wildman–Crippen LogP) is 3.53. The van der Waals surface area contributed by atoms with E-state index in [4.69, 9.17) is 0 Å². The molecule has 18 heavy (non-hydrogen) atoms. The van der Waals surface area contributed by atoms with Gasteiger partial charge in [0.25, 0.3) is 0 Å². The van der Waals surface area contributed by atoms with Gasteiger partial charge in [-0.25, -0.2) is 13.1 Å². The third kappa shape index (κ3) is 2.81. The van der Waals surface area contributed by atoms with E-state index in [1.807, 2.05) is 6.92 Å². The molecule has 1 aromatic heterocycles. The maximum Gasteiger partial charge on any atom is 0.241 e. The molecule has 1 aliphatic carbocycles. The van der Waals surface area contributed by atoms with Crippen molar-refractivity contribution in [2.75, 3.05) is 6.54 Å². The van der Waals surface area contributed by atoms with Crippen LogP contribution >= 0.6 is 27.3 Å². The van der Waals surface area contributed by atoms with Crippen molar-refractivity contribution in [2.24, 2.45) is 11.3 Å². The average Bonchev–Trinajstić information content (AvgIpc) is 2.97. The number of rotatable bonds is 5. The zero-order chi connectivity index (χ0) is 13.6. The molecular formula is C12H18BrNO2S2. The molecular weight excluding hydrogens is 334 g/mol. The highest BCUT2D eigenvalue weighted by atomic mass is 79.9. The Morgan fingerprint density at radius 1 is 1.50 bits per heavy atom. The number of sulfonamides is 1. The van der Waals surface area contributed by atoms with Crippen LogP contribution in [0.2, 0.25) is 0 Å². The minimum atomic E-state index is -3.37. The molecule has 0 amide bonds. The molecule has 1 aromatic rings. The van der Waals surface area contributed by atoms with Crippen molar-refractivity contribution in [1.29, 1.82) is 0 Å². The largest absolute Gasteiger partial charge is 0.241 e. The second-order valence-electron chi connectivity index (χ2n) is 5.31. The molecule has 0 radical (unpaired) electrons. The van der Waals surface area contributed by atoms with Crippen molar-refractivity contribution in [1.82, 2.24) is 4.72 Å². The first-order valence-electron chi connectivity index (χ1n) is 6.02. The van der Waals surface area contributed by atoms with Crippen LogP contribution in [0.4, 0.5) is 0 Å². The van der Waals surface area contributed by atoms with Gasteiger partial charge < -0.3 is 0 Å². The van der Waals surface area contributed by atoms with Gasteiger partial charge in [-0.05, 0) is 53.1 Å². The topological polar surface area (TPSA) is 46.2 Å². The van der Waals surface area contributed by atoms with Gasteiger partial charge in [-0.2, -0.15) is 0 Å². The summed E-state index contributed by atoms with van der Waals surface area (Å²) in [6.07, 6.45) is 2.25. The first-order valence-corrected chi connectivity index (χ1v) is 9.12. The highest BCUT2D eigenvalue weighted by Crippen LogP contribution is 2.51. The fourth-order valence-corrected chi connectivity index (χ4v) is 5.68. The lowest BCUT2D eigenvalue weighted by molar-refractivity contribution is 0.357. The Bertz CT molecular complexity index is 544. The van der Waals surface area contributed by atoms with E-state index in [0.717, 1.165) is 21.5 Å². The summed E-state index contributed by atoms with van der Waals surface area (Å²) in [5.74, 6) is 0.524. The highest BCUT2D eigenvalue weighted by molar-refractivity contribution is 9.11. The highest BCUT2D eigenvalue weighted by Gasteiger charge is 2.45. The molecule has 1 heterocycles. The third-order valence-corrected chi connectivity index (χ3v) is 7.07. The van der Waals surface area contributed by atoms with Crippen LogP contribution < -0.4 is 4.72 Å². The fraction of sp³-hybridized carbons (Fsp3) is 0.667. The lowest BCUT2D eigenvalue weighted by Crippen LogP contribution is -2.32. The van der Waals surface area contributed by atoms with Crippen LogP contribution in [0.3, 0.4) is 0 Å². The Hall–Kier alpha value is 0.0900. The van der Waals surface area contributed by atoms with Gasteiger partial charge in [-0.3, -0.25) is 0 Å². The van der Waals surface area contributed by atoms with Crippen molar-refractivity contribution in [2.45, 2.75) is 38.5 Å². The maximum atomic E-state index is 12.2. The second kappa shape index (κ2) is 4.89. The summed E-state index contributed by atoms with van der Waals surface area (Å²) in [5, 5.41) is 0. The number of thiophene rings is 1. The molecule has 0 spiro atoms. The molecule has 6 heteroatoms. The van der Waals surface area contributed by atoms with Crippen molar-refractivity contribution in [3.63, 3.8) is 0 Å². The first kappa shape index (κ1) is 14.5. The van der Waals surface area contributed by atoms with Gasteiger partial charge in [0, 0.05) is 11.4 Å². The zero-order valence-corrected chi connectivity index (χ0v) is 14.0. The van der Waals surface area contributed by atoms with Gasteiger partial charge in [-0.15, -0.1) is 11.3 Å². The second-order valence-corrected chi connectivity index (χ2v) is 9.68. The normalized spacial score (nSPS) is 18.3. The number of halogens is 1. The minimum Gasteiger partial charge on any atom is -0.211 e. The van der Waals surface area contributed by atoms with Crippen LogP contribution in [0.15, 0.2) is 14.7 Å². The van der Waals surface area contributed by atoms with E-state index in [1.54, 1.807) is 6.07 Å². The standard InChI is InChI=1S/C12H18BrNO2S2/c1-8(2)12(4-5-12)7-14-18(15,16)10-6-11(13)17-9(10)3/h6,8,14H,4-5,7H2,1-3H3. The van der Waals surface area contributed by atoms with E-state index in [9.17, 15) is 8.42 Å². The van der Waals surface area contributed by atoms with Gasteiger partial charge in [0.15, 0.2) is 0 Å². The lowest BCUT2D eigenvalue weighted by Gasteiger charge is -2.19.